The SMILES string of the molecule is CCOC(Cc1ccccc1)n1nnc2ccccc21. The first kappa shape index (κ1) is 12.8. The highest BCUT2D eigenvalue weighted by molar-refractivity contribution is 5.73. The standard InChI is InChI=1S/C16H17N3O/c1-2-20-16(12-13-8-4-3-5-9-13)19-15-11-7-6-10-14(15)17-18-19/h3-11,16H,2,12H2,1H3. The molecule has 0 amide bonds. The van der Waals surface area contributed by atoms with Crippen LogP contribution in [0, 0.1) is 0 Å². The van der Waals surface area contributed by atoms with Crippen LogP contribution in [0.1, 0.15) is 18.7 Å². The number of para-hydroxylation sites is 1. The maximum atomic E-state index is 5.86. The molecule has 0 aliphatic heterocycles. The van der Waals surface area contributed by atoms with E-state index < -0.39 is 0 Å². The van der Waals surface area contributed by atoms with Gasteiger partial charge >= 0.3 is 0 Å². The van der Waals surface area contributed by atoms with Crippen LogP contribution in [-0.2, 0) is 11.2 Å². The van der Waals surface area contributed by atoms with Crippen LogP contribution >= 0.6 is 0 Å². The molecule has 1 heterocycles. The molecule has 0 bridgehead atoms. The second-order valence-electron chi connectivity index (χ2n) is 4.62. The molecule has 4 heteroatoms. The van der Waals surface area contributed by atoms with Gasteiger partial charge < -0.3 is 4.74 Å². The predicted molar refractivity (Wildman–Crippen MR) is 78.3 cm³/mol. The fraction of sp³-hybridized carbons (Fsp3) is 0.250. The molecule has 2 aromatic carbocycles. The van der Waals surface area contributed by atoms with Gasteiger partial charge in [0.15, 0.2) is 6.23 Å². The predicted octanol–water partition coefficient (Wildman–Crippen LogP) is 3.21. The quantitative estimate of drug-likeness (QED) is 0.712. The van der Waals surface area contributed by atoms with Crippen molar-refractivity contribution in [1.82, 2.24) is 15.0 Å². The average molecular weight is 267 g/mol. The van der Waals surface area contributed by atoms with Crippen molar-refractivity contribution in [3.05, 3.63) is 60.2 Å². The average Bonchev–Trinajstić information content (AvgIpc) is 2.92. The van der Waals surface area contributed by atoms with E-state index in [1.54, 1.807) is 0 Å². The minimum absolute atomic E-state index is 0.130. The van der Waals surface area contributed by atoms with Crippen LogP contribution in [0.15, 0.2) is 54.6 Å². The largest absolute Gasteiger partial charge is 0.356 e. The number of hydrogen-bond acceptors (Lipinski definition) is 3. The summed E-state index contributed by atoms with van der Waals surface area (Å²) in [6.07, 6.45) is 0.650. The molecule has 1 atom stereocenters. The summed E-state index contributed by atoms with van der Waals surface area (Å²) in [5.41, 5.74) is 3.12. The van der Waals surface area contributed by atoms with Gasteiger partial charge in [0.2, 0.25) is 0 Å². The fourth-order valence-electron chi connectivity index (χ4n) is 2.32. The van der Waals surface area contributed by atoms with Gasteiger partial charge in [-0.2, -0.15) is 0 Å². The lowest BCUT2D eigenvalue weighted by molar-refractivity contribution is 0.00387. The Labute approximate surface area is 118 Å². The summed E-state index contributed by atoms with van der Waals surface area (Å²) in [4.78, 5) is 0. The summed E-state index contributed by atoms with van der Waals surface area (Å²) >= 11 is 0. The molecule has 20 heavy (non-hydrogen) atoms. The smallest absolute Gasteiger partial charge is 0.156 e. The van der Waals surface area contributed by atoms with Crippen molar-refractivity contribution in [1.29, 1.82) is 0 Å². The number of aromatic nitrogens is 3. The number of hydrogen-bond donors (Lipinski definition) is 0. The van der Waals surface area contributed by atoms with E-state index in [1.165, 1.54) is 5.56 Å². The van der Waals surface area contributed by atoms with Gasteiger partial charge in [-0.15, -0.1) is 5.10 Å². The third-order valence-electron chi connectivity index (χ3n) is 3.26. The number of fused-ring (bicyclic) bond motifs is 1. The van der Waals surface area contributed by atoms with E-state index in [9.17, 15) is 0 Å². The minimum Gasteiger partial charge on any atom is -0.356 e. The van der Waals surface area contributed by atoms with E-state index >= 15 is 0 Å². The molecule has 0 saturated carbocycles. The molecular formula is C16H17N3O. The van der Waals surface area contributed by atoms with Gasteiger partial charge in [0, 0.05) is 13.0 Å². The molecule has 0 aliphatic carbocycles. The van der Waals surface area contributed by atoms with Gasteiger partial charge in [-0.1, -0.05) is 47.7 Å². The normalized spacial score (nSPS) is 12.7. The summed E-state index contributed by atoms with van der Waals surface area (Å²) in [5, 5.41) is 8.45. The molecule has 1 aromatic heterocycles. The van der Waals surface area contributed by atoms with Gasteiger partial charge in [0.25, 0.3) is 0 Å². The zero-order valence-corrected chi connectivity index (χ0v) is 11.4. The summed E-state index contributed by atoms with van der Waals surface area (Å²) in [5.74, 6) is 0. The maximum absolute atomic E-state index is 5.86. The van der Waals surface area contributed by atoms with E-state index in [1.807, 2.05) is 54.1 Å². The van der Waals surface area contributed by atoms with Crippen molar-refractivity contribution in [3.63, 3.8) is 0 Å². The zero-order chi connectivity index (χ0) is 13.8. The van der Waals surface area contributed by atoms with E-state index in [2.05, 4.69) is 22.4 Å². The molecule has 3 aromatic rings. The molecule has 0 aliphatic rings. The van der Waals surface area contributed by atoms with Gasteiger partial charge in [0.1, 0.15) is 5.52 Å². The third-order valence-corrected chi connectivity index (χ3v) is 3.26. The maximum Gasteiger partial charge on any atom is 0.156 e. The fourth-order valence-corrected chi connectivity index (χ4v) is 2.32. The topological polar surface area (TPSA) is 39.9 Å². The molecule has 102 valence electrons. The minimum atomic E-state index is -0.130. The summed E-state index contributed by atoms with van der Waals surface area (Å²) < 4.78 is 7.73. The highest BCUT2D eigenvalue weighted by Crippen LogP contribution is 2.20. The molecule has 0 fully saturated rings. The van der Waals surface area contributed by atoms with Crippen LogP contribution in [0.4, 0.5) is 0 Å². The molecule has 0 radical (unpaired) electrons. The van der Waals surface area contributed by atoms with E-state index in [0.29, 0.717) is 6.61 Å². The Hall–Kier alpha value is -2.20. The van der Waals surface area contributed by atoms with Crippen LogP contribution in [0.2, 0.25) is 0 Å². The highest BCUT2D eigenvalue weighted by atomic mass is 16.5. The van der Waals surface area contributed by atoms with Crippen LogP contribution in [0.25, 0.3) is 11.0 Å². The summed E-state index contributed by atoms with van der Waals surface area (Å²) in [6, 6.07) is 18.2. The van der Waals surface area contributed by atoms with Gasteiger partial charge in [-0.25, -0.2) is 4.68 Å². The highest BCUT2D eigenvalue weighted by Gasteiger charge is 2.16. The van der Waals surface area contributed by atoms with Crippen LogP contribution in [0.5, 0.6) is 0 Å². The van der Waals surface area contributed by atoms with Crippen molar-refractivity contribution >= 4 is 11.0 Å². The van der Waals surface area contributed by atoms with E-state index in [-0.39, 0.29) is 6.23 Å². The Morgan fingerprint density at radius 3 is 2.60 bits per heavy atom. The molecule has 0 N–H and O–H groups in total. The van der Waals surface area contributed by atoms with Crippen LogP contribution in [-0.4, -0.2) is 21.6 Å². The number of benzene rings is 2. The zero-order valence-electron chi connectivity index (χ0n) is 11.4. The molecule has 3 rings (SSSR count). The number of nitrogens with zero attached hydrogens (tertiary/aromatic N) is 3. The second kappa shape index (κ2) is 5.84. The monoisotopic (exact) mass is 267 g/mol. The second-order valence-corrected chi connectivity index (χ2v) is 4.62. The molecule has 4 nitrogen and oxygen atoms in total. The van der Waals surface area contributed by atoms with Crippen LogP contribution in [0.3, 0.4) is 0 Å². The number of rotatable bonds is 5. The first-order chi connectivity index (χ1) is 9.88. The van der Waals surface area contributed by atoms with E-state index in [4.69, 9.17) is 4.74 Å². The molecular weight excluding hydrogens is 250 g/mol. The molecule has 0 spiro atoms. The van der Waals surface area contributed by atoms with Crippen molar-refractivity contribution in [2.75, 3.05) is 6.61 Å². The van der Waals surface area contributed by atoms with Gasteiger partial charge in [-0.3, -0.25) is 0 Å². The summed E-state index contributed by atoms with van der Waals surface area (Å²) in [7, 11) is 0. The lowest BCUT2D eigenvalue weighted by atomic mass is 10.1. The third kappa shape index (κ3) is 2.56. The Morgan fingerprint density at radius 1 is 1.05 bits per heavy atom. The van der Waals surface area contributed by atoms with Crippen molar-refractivity contribution in [3.8, 4) is 0 Å². The Balaban J connectivity index is 1.94. The van der Waals surface area contributed by atoms with E-state index in [0.717, 1.165) is 17.5 Å². The molecule has 1 unspecified atom stereocenters. The Bertz CT molecular complexity index is 678. The Morgan fingerprint density at radius 2 is 1.80 bits per heavy atom. The first-order valence-corrected chi connectivity index (χ1v) is 6.84. The first-order valence-electron chi connectivity index (χ1n) is 6.84. The van der Waals surface area contributed by atoms with Crippen molar-refractivity contribution in [2.24, 2.45) is 0 Å². The molecule has 0 saturated heterocycles. The lowest BCUT2D eigenvalue weighted by Gasteiger charge is -2.17. The van der Waals surface area contributed by atoms with Crippen LogP contribution < -0.4 is 0 Å². The van der Waals surface area contributed by atoms with Gasteiger partial charge in [0.05, 0.1) is 5.52 Å². The Kier molecular flexibility index (Phi) is 3.74. The van der Waals surface area contributed by atoms with Crippen molar-refractivity contribution < 1.29 is 4.74 Å². The lowest BCUT2D eigenvalue weighted by Crippen LogP contribution is -2.17. The van der Waals surface area contributed by atoms with Crippen molar-refractivity contribution in [2.45, 2.75) is 19.6 Å². The van der Waals surface area contributed by atoms with Gasteiger partial charge in [-0.05, 0) is 24.6 Å². The number of ether oxygens (including phenoxy) is 1. The summed E-state index contributed by atoms with van der Waals surface area (Å²) in [6.45, 7) is 2.64.